The van der Waals surface area contributed by atoms with Gasteiger partial charge in [-0.25, -0.2) is 8.42 Å². The molecule has 4 aromatic carbocycles. The molecule has 4 rings (SSSR count). The van der Waals surface area contributed by atoms with Crippen molar-refractivity contribution in [2.75, 3.05) is 13.1 Å². The van der Waals surface area contributed by atoms with Crippen molar-refractivity contribution in [3.8, 4) is 5.75 Å². The van der Waals surface area contributed by atoms with Crippen LogP contribution in [0, 0.1) is 0 Å². The number of benzene rings is 4. The molecule has 0 aliphatic carbocycles. The van der Waals surface area contributed by atoms with E-state index in [4.69, 9.17) is 11.6 Å². The maximum Gasteiger partial charge on any atom is 0.206 e. The van der Waals surface area contributed by atoms with E-state index >= 15 is 0 Å². The predicted molar refractivity (Wildman–Crippen MR) is 146 cm³/mol. The molecule has 0 spiro atoms. The van der Waals surface area contributed by atoms with Crippen LogP contribution in [0.15, 0.2) is 113 Å². The van der Waals surface area contributed by atoms with E-state index in [0.29, 0.717) is 18.1 Å². The Hall–Kier alpha value is -3.16. The first-order valence-electron chi connectivity index (χ1n) is 12.1. The van der Waals surface area contributed by atoms with Gasteiger partial charge in [0, 0.05) is 18.1 Å². The van der Waals surface area contributed by atoms with Crippen LogP contribution in [0.25, 0.3) is 0 Å². The van der Waals surface area contributed by atoms with E-state index in [-0.39, 0.29) is 15.5 Å². The first-order chi connectivity index (χ1) is 17.8. The number of rotatable bonds is 11. The summed E-state index contributed by atoms with van der Waals surface area (Å²) < 4.78 is 25.7. The van der Waals surface area contributed by atoms with Crippen LogP contribution in [0.2, 0.25) is 5.02 Å². The van der Waals surface area contributed by atoms with Crippen molar-refractivity contribution in [1.82, 2.24) is 4.90 Å². The monoisotopic (exact) mass is 535 g/mol. The van der Waals surface area contributed by atoms with Gasteiger partial charge >= 0.3 is 0 Å². The van der Waals surface area contributed by atoms with E-state index in [1.165, 1.54) is 29.8 Å². The molecule has 7 heteroatoms. The molecule has 0 aliphatic rings. The van der Waals surface area contributed by atoms with Crippen LogP contribution in [0.3, 0.4) is 0 Å². The minimum atomic E-state index is -3.64. The highest BCUT2D eigenvalue weighted by molar-refractivity contribution is 7.91. The van der Waals surface area contributed by atoms with Crippen molar-refractivity contribution in [2.45, 2.75) is 35.3 Å². The van der Waals surface area contributed by atoms with Gasteiger partial charge in [-0.1, -0.05) is 66.2 Å². The topological polar surface area (TPSA) is 77.8 Å². The molecule has 0 heterocycles. The maximum absolute atomic E-state index is 12.9. The summed E-state index contributed by atoms with van der Waals surface area (Å²) in [5.41, 5.74) is 3.00. The van der Waals surface area contributed by atoms with E-state index < -0.39 is 15.9 Å². The van der Waals surface area contributed by atoms with Gasteiger partial charge in [0.25, 0.3) is 0 Å². The molecule has 0 radical (unpaired) electrons. The molecular weight excluding hydrogens is 506 g/mol. The second kappa shape index (κ2) is 12.4. The molecule has 37 heavy (non-hydrogen) atoms. The SMILES string of the molecule is O=S(=O)(c1ccc(O)cc1)c1ccc(CCCN(Cc2ccccc2)C[C@H](O)c2cccc(Cl)c2)cc1. The Kier molecular flexibility index (Phi) is 9.00. The third-order valence-corrected chi connectivity index (χ3v) is 8.25. The minimum absolute atomic E-state index is 0.0238. The lowest BCUT2D eigenvalue weighted by Gasteiger charge is -2.25. The average molecular weight is 536 g/mol. The molecule has 0 unspecified atom stereocenters. The van der Waals surface area contributed by atoms with Crippen LogP contribution in [-0.4, -0.2) is 36.6 Å². The van der Waals surface area contributed by atoms with Gasteiger partial charge in [0.1, 0.15) is 5.75 Å². The summed E-state index contributed by atoms with van der Waals surface area (Å²) in [4.78, 5) is 2.59. The number of hydrogen-bond acceptors (Lipinski definition) is 5. The molecule has 0 aliphatic heterocycles. The fourth-order valence-electron chi connectivity index (χ4n) is 4.24. The fraction of sp³-hybridized carbons (Fsp3) is 0.200. The van der Waals surface area contributed by atoms with Crippen LogP contribution in [0.1, 0.15) is 29.2 Å². The number of aliphatic hydroxyl groups is 1. The summed E-state index contributed by atoms with van der Waals surface area (Å²) in [6.45, 7) is 1.95. The Morgan fingerprint density at radius 3 is 2.08 bits per heavy atom. The van der Waals surface area contributed by atoms with Crippen LogP contribution in [-0.2, 0) is 22.8 Å². The lowest BCUT2D eigenvalue weighted by atomic mass is 10.1. The lowest BCUT2D eigenvalue weighted by molar-refractivity contribution is 0.108. The summed E-state index contributed by atoms with van der Waals surface area (Å²) >= 11 is 6.11. The smallest absolute Gasteiger partial charge is 0.206 e. The molecule has 1 atom stereocenters. The van der Waals surface area contributed by atoms with Crippen LogP contribution >= 0.6 is 11.6 Å². The highest BCUT2D eigenvalue weighted by Crippen LogP contribution is 2.24. The number of phenolic OH excluding ortho intramolecular Hbond substituents is 1. The second-order valence-corrected chi connectivity index (χ2v) is 11.4. The van der Waals surface area contributed by atoms with Crippen molar-refractivity contribution in [1.29, 1.82) is 0 Å². The van der Waals surface area contributed by atoms with Crippen molar-refractivity contribution in [2.24, 2.45) is 0 Å². The standard InChI is InChI=1S/C30H30ClNO4S/c31-26-10-4-9-25(20-26)30(34)22-32(21-24-6-2-1-3-7-24)19-5-8-23-11-15-28(16-12-23)37(35,36)29-17-13-27(33)14-18-29/h1-4,6-7,9-18,20,30,33-34H,5,8,19,21-22H2/t30-/m0/s1. The van der Waals surface area contributed by atoms with Crippen molar-refractivity contribution < 1.29 is 18.6 Å². The Morgan fingerprint density at radius 2 is 1.43 bits per heavy atom. The van der Waals surface area contributed by atoms with E-state index in [9.17, 15) is 18.6 Å². The Labute approximate surface area is 223 Å². The zero-order valence-corrected chi connectivity index (χ0v) is 21.9. The molecule has 5 nitrogen and oxygen atoms in total. The Morgan fingerprint density at radius 1 is 0.784 bits per heavy atom. The van der Waals surface area contributed by atoms with E-state index in [1.54, 1.807) is 24.3 Å². The summed E-state index contributed by atoms with van der Waals surface area (Å²) in [6, 6.07) is 29.9. The maximum atomic E-state index is 12.9. The van der Waals surface area contributed by atoms with Gasteiger partial charge in [-0.3, -0.25) is 4.90 Å². The number of aryl methyl sites for hydroxylation is 1. The zero-order valence-electron chi connectivity index (χ0n) is 20.4. The van der Waals surface area contributed by atoms with E-state index in [2.05, 4.69) is 17.0 Å². The summed E-state index contributed by atoms with van der Waals surface area (Å²) in [7, 11) is -3.64. The van der Waals surface area contributed by atoms with Gasteiger partial charge in [-0.2, -0.15) is 0 Å². The van der Waals surface area contributed by atoms with Crippen molar-refractivity contribution >= 4 is 21.4 Å². The summed E-state index contributed by atoms with van der Waals surface area (Å²) in [5.74, 6) is 0.0238. The van der Waals surface area contributed by atoms with Gasteiger partial charge in [-0.05, 0) is 84.6 Å². The molecular formula is C30H30ClNO4S. The van der Waals surface area contributed by atoms with Gasteiger partial charge in [0.05, 0.1) is 15.9 Å². The number of halogens is 1. The number of phenols is 1. The third-order valence-electron chi connectivity index (χ3n) is 6.23. The number of aromatic hydroxyl groups is 1. The minimum Gasteiger partial charge on any atom is -0.508 e. The van der Waals surface area contributed by atoms with Crippen molar-refractivity contribution in [3.05, 3.63) is 125 Å². The predicted octanol–water partition coefficient (Wildman–Crippen LogP) is 6.05. The largest absolute Gasteiger partial charge is 0.508 e. The lowest BCUT2D eigenvalue weighted by Crippen LogP contribution is -2.29. The molecule has 192 valence electrons. The van der Waals surface area contributed by atoms with Crippen molar-refractivity contribution in [3.63, 3.8) is 0 Å². The normalized spacial score (nSPS) is 12.5. The number of nitrogens with zero attached hydrogens (tertiary/aromatic N) is 1. The van der Waals surface area contributed by atoms with Crippen LogP contribution in [0.4, 0.5) is 0 Å². The second-order valence-electron chi connectivity index (χ2n) is 9.04. The Balaban J connectivity index is 1.39. The number of hydrogen-bond donors (Lipinski definition) is 2. The Bertz CT molecular complexity index is 1390. The van der Waals surface area contributed by atoms with Gasteiger partial charge in [-0.15, -0.1) is 0 Å². The average Bonchev–Trinajstić information content (AvgIpc) is 2.90. The molecule has 0 bridgehead atoms. The molecule has 4 aromatic rings. The third kappa shape index (κ3) is 7.43. The van der Waals surface area contributed by atoms with Gasteiger partial charge in [0.2, 0.25) is 9.84 Å². The van der Waals surface area contributed by atoms with Gasteiger partial charge in [0.15, 0.2) is 0 Å². The molecule has 2 N–H and O–H groups in total. The first-order valence-corrected chi connectivity index (χ1v) is 14.0. The number of aliphatic hydroxyl groups excluding tert-OH is 1. The van der Waals surface area contributed by atoms with E-state index in [1.807, 2.05) is 42.5 Å². The summed E-state index contributed by atoms with van der Waals surface area (Å²) in [5, 5.41) is 20.9. The molecule has 0 fully saturated rings. The highest BCUT2D eigenvalue weighted by atomic mass is 35.5. The van der Waals surface area contributed by atoms with Crippen LogP contribution < -0.4 is 0 Å². The first kappa shape index (κ1) is 26.9. The molecule has 0 amide bonds. The highest BCUT2D eigenvalue weighted by Gasteiger charge is 2.18. The fourth-order valence-corrected chi connectivity index (χ4v) is 5.70. The summed E-state index contributed by atoms with van der Waals surface area (Å²) in [6.07, 6.45) is 0.962. The molecule has 0 saturated heterocycles. The quantitative estimate of drug-likeness (QED) is 0.244. The molecule has 0 saturated carbocycles. The molecule has 0 aromatic heterocycles. The number of sulfone groups is 1. The van der Waals surface area contributed by atoms with E-state index in [0.717, 1.165) is 30.5 Å². The van der Waals surface area contributed by atoms with Gasteiger partial charge < -0.3 is 10.2 Å². The van der Waals surface area contributed by atoms with Crippen LogP contribution in [0.5, 0.6) is 5.75 Å². The zero-order chi connectivity index (χ0) is 26.3.